The van der Waals surface area contributed by atoms with Gasteiger partial charge in [0.1, 0.15) is 5.78 Å². The van der Waals surface area contributed by atoms with Gasteiger partial charge in [-0.25, -0.2) is 0 Å². The van der Waals surface area contributed by atoms with Crippen LogP contribution in [0, 0.1) is 0 Å². The summed E-state index contributed by atoms with van der Waals surface area (Å²) >= 11 is 4.20. The molecule has 2 fully saturated rings. The topological polar surface area (TPSA) is 17.1 Å². The Kier molecular flexibility index (Phi) is 8.39. The van der Waals surface area contributed by atoms with Crippen molar-refractivity contribution in [1.29, 1.82) is 0 Å². The number of carbonyl (C=O) groups is 1. The van der Waals surface area contributed by atoms with E-state index < -0.39 is 0 Å². The lowest BCUT2D eigenvalue weighted by Gasteiger charge is -2.25. The van der Waals surface area contributed by atoms with Gasteiger partial charge >= 0.3 is 0 Å². The summed E-state index contributed by atoms with van der Waals surface area (Å²) in [6.45, 7) is 0. The Balaban J connectivity index is 1.23. The Morgan fingerprint density at radius 1 is 0.667 bits per heavy atom. The molecule has 1 nitrogen and oxygen atoms in total. The molecule has 2 aliphatic rings. The monoisotopic (exact) mass is 438 g/mol. The highest BCUT2D eigenvalue weighted by Crippen LogP contribution is 2.35. The van der Waals surface area contributed by atoms with E-state index in [1.165, 1.54) is 60.8 Å². The van der Waals surface area contributed by atoms with E-state index in [2.05, 4.69) is 72.1 Å². The molecule has 0 atom stereocenters. The summed E-state index contributed by atoms with van der Waals surface area (Å²) in [6.07, 6.45) is 11.4. The van der Waals surface area contributed by atoms with Crippen LogP contribution < -0.4 is 0 Å². The summed E-state index contributed by atoms with van der Waals surface area (Å²) < 4.78 is 0. The number of hydrogen-bond acceptors (Lipinski definition) is 3. The first-order valence-corrected chi connectivity index (χ1v) is 13.8. The molecule has 0 spiro atoms. The third-order valence-electron chi connectivity index (χ3n) is 6.64. The van der Waals surface area contributed by atoms with Crippen molar-refractivity contribution in [2.24, 2.45) is 0 Å². The van der Waals surface area contributed by atoms with Gasteiger partial charge in [-0.05, 0) is 60.8 Å². The highest BCUT2D eigenvalue weighted by molar-refractivity contribution is 7.99. The fourth-order valence-corrected chi connectivity index (χ4v) is 6.77. The van der Waals surface area contributed by atoms with Crippen LogP contribution in [0.3, 0.4) is 0 Å². The maximum atomic E-state index is 12.6. The first-order chi connectivity index (χ1) is 14.8. The van der Waals surface area contributed by atoms with Crippen LogP contribution in [0.2, 0.25) is 0 Å². The van der Waals surface area contributed by atoms with Crippen LogP contribution in [-0.4, -0.2) is 16.3 Å². The molecule has 0 aliphatic heterocycles. The molecule has 0 bridgehead atoms. The van der Waals surface area contributed by atoms with E-state index in [0.29, 0.717) is 18.6 Å². The average Bonchev–Trinajstić information content (AvgIpc) is 2.70. The van der Waals surface area contributed by atoms with Gasteiger partial charge in [-0.2, -0.15) is 23.5 Å². The second-order valence-corrected chi connectivity index (χ2v) is 11.4. The van der Waals surface area contributed by atoms with Crippen molar-refractivity contribution in [3.8, 4) is 0 Å². The molecule has 2 aromatic rings. The van der Waals surface area contributed by atoms with E-state index in [1.807, 2.05) is 0 Å². The number of Topliss-reactive ketones (excluding diaryl/α,β-unsaturated/α-hetero) is 1. The van der Waals surface area contributed by atoms with E-state index in [-0.39, 0.29) is 0 Å². The number of thioether (sulfide) groups is 2. The van der Waals surface area contributed by atoms with Gasteiger partial charge in [0.25, 0.3) is 0 Å². The summed E-state index contributed by atoms with van der Waals surface area (Å²) in [5.41, 5.74) is 5.60. The molecule has 0 saturated heterocycles. The van der Waals surface area contributed by atoms with Gasteiger partial charge in [0.2, 0.25) is 0 Å². The molecule has 0 N–H and O–H groups in total. The zero-order valence-corrected chi connectivity index (χ0v) is 19.6. The van der Waals surface area contributed by atoms with Crippen LogP contribution in [-0.2, 0) is 29.1 Å². The molecule has 2 saturated carbocycles. The van der Waals surface area contributed by atoms with Crippen molar-refractivity contribution < 1.29 is 4.79 Å². The maximum Gasteiger partial charge on any atom is 0.133 e. The summed E-state index contributed by atoms with van der Waals surface area (Å²) in [4.78, 5) is 12.6. The van der Waals surface area contributed by atoms with Crippen molar-refractivity contribution in [1.82, 2.24) is 0 Å². The first-order valence-electron chi connectivity index (χ1n) is 11.7. The van der Waals surface area contributed by atoms with Gasteiger partial charge in [0.05, 0.1) is 0 Å². The SMILES string of the molecule is O=C(CCc1ccccc1CSC1CCC1)CCc1ccccc1CSC1CCC1. The van der Waals surface area contributed by atoms with Crippen LogP contribution in [0.1, 0.15) is 73.6 Å². The fourth-order valence-electron chi connectivity index (χ4n) is 4.05. The lowest BCUT2D eigenvalue weighted by atomic mass is 9.98. The van der Waals surface area contributed by atoms with Crippen LogP contribution in [0.5, 0.6) is 0 Å². The Morgan fingerprint density at radius 3 is 1.43 bits per heavy atom. The summed E-state index contributed by atoms with van der Waals surface area (Å²) in [6, 6.07) is 17.5. The van der Waals surface area contributed by atoms with E-state index in [9.17, 15) is 4.79 Å². The minimum atomic E-state index is 0.401. The van der Waals surface area contributed by atoms with E-state index in [4.69, 9.17) is 0 Å². The summed E-state index contributed by atoms with van der Waals surface area (Å²) in [5.74, 6) is 2.60. The Morgan fingerprint density at radius 2 is 1.07 bits per heavy atom. The van der Waals surface area contributed by atoms with E-state index in [1.54, 1.807) is 0 Å². The highest BCUT2D eigenvalue weighted by Gasteiger charge is 2.19. The van der Waals surface area contributed by atoms with E-state index >= 15 is 0 Å². The van der Waals surface area contributed by atoms with Gasteiger partial charge < -0.3 is 0 Å². The summed E-state index contributed by atoms with van der Waals surface area (Å²) in [7, 11) is 0. The predicted molar refractivity (Wildman–Crippen MR) is 132 cm³/mol. The molecule has 0 radical (unpaired) electrons. The van der Waals surface area contributed by atoms with Gasteiger partial charge in [-0.3, -0.25) is 4.79 Å². The van der Waals surface area contributed by atoms with Crippen molar-refractivity contribution in [2.45, 2.75) is 86.2 Å². The van der Waals surface area contributed by atoms with Gasteiger partial charge in [-0.1, -0.05) is 61.4 Å². The second-order valence-electron chi connectivity index (χ2n) is 8.80. The normalized spacial score (nSPS) is 16.8. The highest BCUT2D eigenvalue weighted by atomic mass is 32.2. The van der Waals surface area contributed by atoms with Crippen LogP contribution in [0.4, 0.5) is 0 Å². The molecular formula is C27H34OS2. The third kappa shape index (κ3) is 6.40. The number of ketones is 1. The number of benzene rings is 2. The Labute approximate surface area is 190 Å². The maximum absolute atomic E-state index is 12.6. The largest absolute Gasteiger partial charge is 0.300 e. The molecule has 3 heteroatoms. The molecule has 0 unspecified atom stereocenters. The molecular weight excluding hydrogens is 404 g/mol. The average molecular weight is 439 g/mol. The standard InChI is InChI=1S/C27H34OS2/c28-25(17-15-21-7-1-3-9-23(21)19-29-26-11-5-12-26)18-16-22-8-2-4-10-24(22)20-30-27-13-6-14-27/h1-4,7-10,26-27H,5-6,11-20H2. The van der Waals surface area contributed by atoms with Gasteiger partial charge in [0.15, 0.2) is 0 Å². The minimum Gasteiger partial charge on any atom is -0.300 e. The van der Waals surface area contributed by atoms with Crippen molar-refractivity contribution in [2.75, 3.05) is 0 Å². The molecule has 0 heterocycles. The minimum absolute atomic E-state index is 0.401. The first kappa shape index (κ1) is 22.0. The van der Waals surface area contributed by atoms with Crippen molar-refractivity contribution in [3.05, 3.63) is 70.8 Å². The molecule has 2 aliphatic carbocycles. The van der Waals surface area contributed by atoms with Crippen LogP contribution >= 0.6 is 23.5 Å². The molecule has 30 heavy (non-hydrogen) atoms. The third-order valence-corrected chi connectivity index (χ3v) is 9.48. The van der Waals surface area contributed by atoms with Gasteiger partial charge in [0, 0.05) is 34.8 Å². The fraction of sp³-hybridized carbons (Fsp3) is 0.519. The number of rotatable bonds is 12. The second kappa shape index (κ2) is 11.4. The lowest BCUT2D eigenvalue weighted by Crippen LogP contribution is -2.13. The number of aryl methyl sites for hydroxylation is 2. The lowest BCUT2D eigenvalue weighted by molar-refractivity contribution is -0.119. The number of carbonyl (C=O) groups excluding carboxylic acids is 1. The van der Waals surface area contributed by atoms with Crippen LogP contribution in [0.15, 0.2) is 48.5 Å². The zero-order chi connectivity index (χ0) is 20.6. The van der Waals surface area contributed by atoms with Gasteiger partial charge in [-0.15, -0.1) is 0 Å². The summed E-state index contributed by atoms with van der Waals surface area (Å²) in [5, 5.41) is 1.73. The van der Waals surface area contributed by atoms with Crippen molar-refractivity contribution >= 4 is 29.3 Å². The van der Waals surface area contributed by atoms with Crippen molar-refractivity contribution in [3.63, 3.8) is 0 Å². The molecule has 4 rings (SSSR count). The Hall–Kier alpha value is -1.19. The Bertz CT molecular complexity index is 756. The van der Waals surface area contributed by atoms with E-state index in [0.717, 1.165) is 34.8 Å². The number of hydrogen-bond donors (Lipinski definition) is 0. The predicted octanol–water partition coefficient (Wildman–Crippen LogP) is 7.39. The smallest absolute Gasteiger partial charge is 0.133 e. The molecule has 0 aromatic heterocycles. The zero-order valence-electron chi connectivity index (χ0n) is 18.0. The molecule has 2 aromatic carbocycles. The quantitative estimate of drug-likeness (QED) is 0.344. The molecule has 0 amide bonds. The van der Waals surface area contributed by atoms with Crippen LogP contribution in [0.25, 0.3) is 0 Å². The molecule has 160 valence electrons.